The molecule has 0 unspecified atom stereocenters. The van der Waals surface area contributed by atoms with E-state index in [-0.39, 0.29) is 29.0 Å². The first-order valence-electron chi connectivity index (χ1n) is 8.83. The molecule has 0 aliphatic heterocycles. The molecule has 164 valence electrons. The number of aromatic nitrogens is 8. The maximum Gasteiger partial charge on any atom is 0.419 e. The first-order valence-corrected chi connectivity index (χ1v) is 9.21. The van der Waals surface area contributed by atoms with E-state index in [4.69, 9.17) is 11.6 Å². The number of halogens is 4. The lowest BCUT2D eigenvalue weighted by Crippen LogP contribution is -2.24. The van der Waals surface area contributed by atoms with Crippen LogP contribution in [0.3, 0.4) is 0 Å². The Kier molecular flexibility index (Phi) is 5.34. The summed E-state index contributed by atoms with van der Waals surface area (Å²) in [5.41, 5.74) is -0.0909. The maximum atomic E-state index is 12.8. The first kappa shape index (κ1) is 21.4. The average Bonchev–Trinajstić information content (AvgIpc) is 3.11. The lowest BCUT2D eigenvalue weighted by molar-refractivity contribution is -0.138. The van der Waals surface area contributed by atoms with Gasteiger partial charge in [0.1, 0.15) is 5.02 Å². The summed E-state index contributed by atoms with van der Waals surface area (Å²) in [5, 5.41) is 21.3. The molecule has 4 aromatic rings. The fourth-order valence-corrected chi connectivity index (χ4v) is 2.93. The number of alkyl halides is 3. The van der Waals surface area contributed by atoms with Crippen LogP contribution in [-0.2, 0) is 19.8 Å². The van der Waals surface area contributed by atoms with Crippen LogP contribution in [0, 0.1) is 0 Å². The van der Waals surface area contributed by atoms with Crippen LogP contribution in [-0.4, -0.2) is 44.8 Å². The van der Waals surface area contributed by atoms with E-state index in [1.807, 2.05) is 0 Å². The topological polar surface area (TPSA) is 124 Å². The van der Waals surface area contributed by atoms with Gasteiger partial charge in [0.15, 0.2) is 11.5 Å². The molecule has 1 N–H and O–H groups in total. The van der Waals surface area contributed by atoms with Crippen LogP contribution in [0.15, 0.2) is 41.7 Å². The molecule has 4 heterocycles. The van der Waals surface area contributed by atoms with Gasteiger partial charge in [-0.15, -0.1) is 5.10 Å². The molecule has 0 spiro atoms. The number of aryl methyl sites for hydroxylation is 1. The van der Waals surface area contributed by atoms with Crippen LogP contribution in [0.25, 0.3) is 22.6 Å². The molecule has 0 saturated heterocycles. The highest BCUT2D eigenvalue weighted by atomic mass is 35.5. The summed E-state index contributed by atoms with van der Waals surface area (Å²) in [6.45, 7) is -0.0864. The molecule has 0 aliphatic carbocycles. The van der Waals surface area contributed by atoms with Crippen LogP contribution in [0.2, 0.25) is 5.02 Å². The summed E-state index contributed by atoms with van der Waals surface area (Å²) >= 11 is 5.85. The van der Waals surface area contributed by atoms with Crippen LogP contribution >= 0.6 is 11.6 Å². The van der Waals surface area contributed by atoms with Crippen LogP contribution < -0.4 is 5.56 Å². The quantitative estimate of drug-likeness (QED) is 0.488. The second kappa shape index (κ2) is 8.00. The molecular formula is C18H12ClF3N8O2. The van der Waals surface area contributed by atoms with Gasteiger partial charge < -0.3 is 5.11 Å². The van der Waals surface area contributed by atoms with E-state index >= 15 is 0 Å². The molecule has 0 fully saturated rings. The monoisotopic (exact) mass is 464 g/mol. The van der Waals surface area contributed by atoms with Crippen LogP contribution in [0.1, 0.15) is 11.3 Å². The predicted octanol–water partition coefficient (Wildman–Crippen LogP) is 2.32. The Morgan fingerprint density at radius 3 is 2.38 bits per heavy atom. The largest absolute Gasteiger partial charge is 0.492 e. The number of rotatable bonds is 4. The molecule has 4 rings (SSSR count). The minimum atomic E-state index is -4.57. The third kappa shape index (κ3) is 4.14. The smallest absolute Gasteiger partial charge is 0.419 e. The number of nitrogens with zero attached hydrogens (tertiary/aromatic N) is 8. The van der Waals surface area contributed by atoms with E-state index in [1.165, 1.54) is 29.2 Å². The second-order valence-corrected chi connectivity index (χ2v) is 6.98. The first-order chi connectivity index (χ1) is 15.1. The van der Waals surface area contributed by atoms with Crippen molar-refractivity contribution in [3.05, 3.63) is 63.6 Å². The van der Waals surface area contributed by atoms with Crippen molar-refractivity contribution in [3.8, 4) is 28.5 Å². The van der Waals surface area contributed by atoms with Gasteiger partial charge in [-0.2, -0.15) is 18.3 Å². The molecule has 0 atom stereocenters. The van der Waals surface area contributed by atoms with Gasteiger partial charge in [0, 0.05) is 42.8 Å². The highest BCUT2D eigenvalue weighted by Gasteiger charge is 2.31. The summed E-state index contributed by atoms with van der Waals surface area (Å²) in [6.07, 6.45) is -0.523. The average molecular weight is 465 g/mol. The second-order valence-electron chi connectivity index (χ2n) is 6.57. The third-order valence-corrected chi connectivity index (χ3v) is 4.74. The summed E-state index contributed by atoms with van der Waals surface area (Å²) in [7, 11) is 1.55. The van der Waals surface area contributed by atoms with E-state index < -0.39 is 17.3 Å². The van der Waals surface area contributed by atoms with E-state index in [0.717, 1.165) is 4.68 Å². The molecule has 14 heteroatoms. The molecule has 0 aromatic carbocycles. The maximum absolute atomic E-state index is 12.8. The molecule has 0 radical (unpaired) electrons. The van der Waals surface area contributed by atoms with Crippen molar-refractivity contribution < 1.29 is 18.3 Å². The normalized spacial score (nSPS) is 11.7. The van der Waals surface area contributed by atoms with Gasteiger partial charge in [0.05, 0.1) is 24.0 Å². The summed E-state index contributed by atoms with van der Waals surface area (Å²) in [4.78, 5) is 23.8. The molecule has 10 nitrogen and oxygen atoms in total. The van der Waals surface area contributed by atoms with Gasteiger partial charge in [-0.1, -0.05) is 16.8 Å². The zero-order valence-corrected chi connectivity index (χ0v) is 16.9. The third-order valence-electron chi connectivity index (χ3n) is 4.46. The fourth-order valence-electron chi connectivity index (χ4n) is 2.77. The van der Waals surface area contributed by atoms with E-state index in [0.29, 0.717) is 29.2 Å². The molecule has 32 heavy (non-hydrogen) atoms. The van der Waals surface area contributed by atoms with Crippen molar-refractivity contribution in [3.63, 3.8) is 0 Å². The molecule has 0 bridgehead atoms. The molecule has 4 aromatic heterocycles. The van der Waals surface area contributed by atoms with E-state index in [2.05, 4.69) is 30.4 Å². The number of aromatic hydroxyl groups is 1. The van der Waals surface area contributed by atoms with Crippen molar-refractivity contribution in [2.45, 2.75) is 12.7 Å². The van der Waals surface area contributed by atoms with E-state index in [1.54, 1.807) is 7.05 Å². The van der Waals surface area contributed by atoms with Crippen molar-refractivity contribution in [1.82, 2.24) is 39.7 Å². The van der Waals surface area contributed by atoms with Gasteiger partial charge >= 0.3 is 6.18 Å². The van der Waals surface area contributed by atoms with Crippen molar-refractivity contribution in [2.24, 2.45) is 7.05 Å². The zero-order chi connectivity index (χ0) is 23.0. The minimum Gasteiger partial charge on any atom is -0.492 e. The standard InChI is InChI=1S/C18H12ClF3N8O2/c1-29-13(15(27-28-29)16-23-6-11(7-24-16)18(20,21)22)8-30-14(31)3-10(5-26-30)9-2-12(19)17(32)25-4-9/h2-7H,8H2,1H3,(H,25,32). The van der Waals surface area contributed by atoms with Crippen molar-refractivity contribution >= 4 is 11.6 Å². The summed E-state index contributed by atoms with van der Waals surface area (Å²) in [6, 6.07) is 2.74. The number of pyridine rings is 1. The minimum absolute atomic E-state index is 0.0221. The SMILES string of the molecule is Cn1nnc(-c2ncc(C(F)(F)F)cn2)c1Cn1ncc(-c2cnc(O)c(Cl)c2)cc1=O. The number of hydrogen-bond donors (Lipinski definition) is 1. The molecule has 0 aliphatic rings. The Bertz CT molecular complexity index is 1350. The Balaban J connectivity index is 1.65. The Hall–Kier alpha value is -3.87. The fraction of sp³-hybridized carbons (Fsp3) is 0.167. The zero-order valence-electron chi connectivity index (χ0n) is 16.1. The van der Waals surface area contributed by atoms with Gasteiger partial charge in [0.2, 0.25) is 5.88 Å². The predicted molar refractivity (Wildman–Crippen MR) is 105 cm³/mol. The lowest BCUT2D eigenvalue weighted by Gasteiger charge is -2.08. The highest BCUT2D eigenvalue weighted by molar-refractivity contribution is 6.32. The van der Waals surface area contributed by atoms with Crippen molar-refractivity contribution in [2.75, 3.05) is 0 Å². The van der Waals surface area contributed by atoms with Gasteiger partial charge in [-0.3, -0.25) is 4.79 Å². The number of hydrogen-bond acceptors (Lipinski definition) is 8. The molecular weight excluding hydrogens is 453 g/mol. The summed E-state index contributed by atoms with van der Waals surface area (Å²) < 4.78 is 40.7. The van der Waals surface area contributed by atoms with E-state index in [9.17, 15) is 23.1 Å². The Morgan fingerprint density at radius 1 is 1.06 bits per heavy atom. The van der Waals surface area contributed by atoms with Gasteiger partial charge in [0.25, 0.3) is 5.56 Å². The molecule has 0 saturated carbocycles. The molecule has 0 amide bonds. The van der Waals surface area contributed by atoms with Crippen LogP contribution in [0.4, 0.5) is 13.2 Å². The summed E-state index contributed by atoms with van der Waals surface area (Å²) in [5.74, 6) is -0.408. The van der Waals surface area contributed by atoms with Gasteiger partial charge in [-0.05, 0) is 6.07 Å². The lowest BCUT2D eigenvalue weighted by atomic mass is 10.1. The van der Waals surface area contributed by atoms with Crippen LogP contribution in [0.5, 0.6) is 5.88 Å². The van der Waals surface area contributed by atoms with Gasteiger partial charge in [-0.25, -0.2) is 24.3 Å². The Labute approximate surface area is 182 Å². The Morgan fingerprint density at radius 2 is 1.75 bits per heavy atom. The highest BCUT2D eigenvalue weighted by Crippen LogP contribution is 2.29. The van der Waals surface area contributed by atoms with Crippen molar-refractivity contribution in [1.29, 1.82) is 0 Å².